The highest BCUT2D eigenvalue weighted by Crippen LogP contribution is 2.21. The molecule has 0 saturated carbocycles. The number of carbonyl (C=O) groups is 1. The van der Waals surface area contributed by atoms with E-state index in [0.29, 0.717) is 5.69 Å². The molecule has 23 heavy (non-hydrogen) atoms. The lowest BCUT2D eigenvalue weighted by Gasteiger charge is -2.11. The molecule has 0 aliphatic carbocycles. The summed E-state index contributed by atoms with van der Waals surface area (Å²) in [6, 6.07) is 16.5. The van der Waals surface area contributed by atoms with Crippen molar-refractivity contribution in [3.63, 3.8) is 0 Å². The van der Waals surface area contributed by atoms with E-state index < -0.39 is 6.10 Å². The summed E-state index contributed by atoms with van der Waals surface area (Å²) in [7, 11) is 0. The second-order valence-corrected chi connectivity index (χ2v) is 5.20. The van der Waals surface area contributed by atoms with E-state index in [-0.39, 0.29) is 12.3 Å². The minimum atomic E-state index is -0.815. The Morgan fingerprint density at radius 1 is 1.17 bits per heavy atom. The van der Waals surface area contributed by atoms with Crippen LogP contribution in [0.15, 0.2) is 67.0 Å². The summed E-state index contributed by atoms with van der Waals surface area (Å²) >= 11 is 0. The van der Waals surface area contributed by atoms with E-state index in [2.05, 4.69) is 15.3 Å². The first-order valence-corrected chi connectivity index (χ1v) is 7.35. The molecule has 5 nitrogen and oxygen atoms in total. The Bertz CT molecular complexity index is 770. The van der Waals surface area contributed by atoms with Crippen LogP contribution in [-0.2, 0) is 4.79 Å². The van der Waals surface area contributed by atoms with Gasteiger partial charge in [-0.25, -0.2) is 4.98 Å². The molecular formula is C18H17N3O2. The van der Waals surface area contributed by atoms with Crippen molar-refractivity contribution in [2.24, 2.45) is 0 Å². The summed E-state index contributed by atoms with van der Waals surface area (Å²) in [6.45, 7) is 0. The first-order chi connectivity index (χ1) is 11.2. The van der Waals surface area contributed by atoms with Crippen molar-refractivity contribution in [3.05, 3.63) is 72.6 Å². The van der Waals surface area contributed by atoms with E-state index in [9.17, 15) is 9.90 Å². The number of rotatable bonds is 5. The summed E-state index contributed by atoms with van der Waals surface area (Å²) in [4.78, 5) is 19.3. The Morgan fingerprint density at radius 2 is 2.00 bits per heavy atom. The highest BCUT2D eigenvalue weighted by molar-refractivity contribution is 5.91. The number of hydrogen-bond acceptors (Lipinski definition) is 3. The fourth-order valence-electron chi connectivity index (χ4n) is 2.35. The van der Waals surface area contributed by atoms with Gasteiger partial charge in [0.15, 0.2) is 0 Å². The molecule has 1 atom stereocenters. The molecule has 0 radical (unpaired) electrons. The molecule has 0 spiro atoms. The third kappa shape index (κ3) is 3.84. The van der Waals surface area contributed by atoms with Crippen molar-refractivity contribution in [3.8, 4) is 11.4 Å². The predicted octanol–water partition coefficient (Wildman–Crippen LogP) is 3.14. The molecule has 0 bridgehead atoms. The smallest absolute Gasteiger partial charge is 0.227 e. The van der Waals surface area contributed by atoms with Crippen molar-refractivity contribution < 1.29 is 9.90 Å². The lowest BCUT2D eigenvalue weighted by molar-refractivity contribution is -0.118. The maximum Gasteiger partial charge on any atom is 0.227 e. The first-order valence-electron chi connectivity index (χ1n) is 7.35. The SMILES string of the molecule is O=C(CC(O)c1ccccc1)Nc1cccc(-c2ncc[nH]2)c1. The van der Waals surface area contributed by atoms with Crippen LogP contribution in [0.3, 0.4) is 0 Å². The summed E-state index contributed by atoms with van der Waals surface area (Å²) < 4.78 is 0. The number of nitrogens with zero attached hydrogens (tertiary/aromatic N) is 1. The highest BCUT2D eigenvalue weighted by Gasteiger charge is 2.13. The van der Waals surface area contributed by atoms with Crippen LogP contribution >= 0.6 is 0 Å². The van der Waals surface area contributed by atoms with Crippen molar-refractivity contribution in [2.45, 2.75) is 12.5 Å². The van der Waals surface area contributed by atoms with Gasteiger partial charge in [0.1, 0.15) is 5.82 Å². The monoisotopic (exact) mass is 307 g/mol. The quantitative estimate of drug-likeness (QED) is 0.677. The molecule has 1 unspecified atom stereocenters. The zero-order chi connectivity index (χ0) is 16.1. The van der Waals surface area contributed by atoms with Gasteiger partial charge >= 0.3 is 0 Å². The standard InChI is InChI=1S/C18H17N3O2/c22-16(13-5-2-1-3-6-13)12-17(23)21-15-8-4-7-14(11-15)18-19-9-10-20-18/h1-11,16,22H,12H2,(H,19,20)(H,21,23). The Labute approximate surface area is 134 Å². The molecule has 1 heterocycles. The molecule has 1 amide bonds. The summed E-state index contributed by atoms with van der Waals surface area (Å²) in [6.07, 6.45) is 2.62. The summed E-state index contributed by atoms with van der Waals surface area (Å²) in [5, 5.41) is 12.9. The van der Waals surface area contributed by atoms with Gasteiger partial charge in [0, 0.05) is 23.6 Å². The van der Waals surface area contributed by atoms with Gasteiger partial charge in [0.25, 0.3) is 0 Å². The van der Waals surface area contributed by atoms with Crippen LogP contribution in [-0.4, -0.2) is 21.0 Å². The minimum Gasteiger partial charge on any atom is -0.388 e. The third-order valence-corrected chi connectivity index (χ3v) is 3.48. The molecular weight excluding hydrogens is 290 g/mol. The molecule has 3 rings (SSSR count). The van der Waals surface area contributed by atoms with Crippen LogP contribution in [0.2, 0.25) is 0 Å². The Kier molecular flexibility index (Phi) is 4.49. The number of amides is 1. The van der Waals surface area contributed by atoms with Gasteiger partial charge in [-0.05, 0) is 17.7 Å². The van der Waals surface area contributed by atoms with Gasteiger partial charge in [0.05, 0.1) is 12.5 Å². The molecule has 116 valence electrons. The number of aliphatic hydroxyl groups excluding tert-OH is 1. The van der Waals surface area contributed by atoms with Crippen LogP contribution in [0.5, 0.6) is 0 Å². The van der Waals surface area contributed by atoms with Crippen LogP contribution in [0.4, 0.5) is 5.69 Å². The van der Waals surface area contributed by atoms with E-state index >= 15 is 0 Å². The summed E-state index contributed by atoms with van der Waals surface area (Å²) in [5.74, 6) is 0.503. The number of anilines is 1. The summed E-state index contributed by atoms with van der Waals surface area (Å²) in [5.41, 5.74) is 2.28. The highest BCUT2D eigenvalue weighted by atomic mass is 16.3. The van der Waals surface area contributed by atoms with E-state index in [1.54, 1.807) is 30.6 Å². The minimum absolute atomic E-state index is 0.00892. The van der Waals surface area contributed by atoms with Crippen molar-refractivity contribution in [1.29, 1.82) is 0 Å². The number of hydrogen-bond donors (Lipinski definition) is 3. The number of H-pyrrole nitrogens is 1. The maximum absolute atomic E-state index is 12.1. The molecule has 0 saturated heterocycles. The van der Waals surface area contributed by atoms with Gasteiger partial charge < -0.3 is 15.4 Å². The van der Waals surface area contributed by atoms with E-state index in [1.165, 1.54) is 0 Å². The number of benzene rings is 2. The van der Waals surface area contributed by atoms with Crippen molar-refractivity contribution >= 4 is 11.6 Å². The number of nitrogens with one attached hydrogen (secondary N) is 2. The topological polar surface area (TPSA) is 78.0 Å². The molecule has 2 aromatic carbocycles. The van der Waals surface area contributed by atoms with Gasteiger partial charge in [-0.2, -0.15) is 0 Å². The molecule has 3 aromatic rings. The number of imidazole rings is 1. The Balaban J connectivity index is 1.65. The Morgan fingerprint density at radius 3 is 2.74 bits per heavy atom. The lowest BCUT2D eigenvalue weighted by atomic mass is 10.1. The average Bonchev–Trinajstić information content (AvgIpc) is 3.10. The van der Waals surface area contributed by atoms with Crippen molar-refractivity contribution in [1.82, 2.24) is 9.97 Å². The van der Waals surface area contributed by atoms with Gasteiger partial charge in [-0.3, -0.25) is 4.79 Å². The van der Waals surface area contributed by atoms with Gasteiger partial charge in [0.2, 0.25) is 5.91 Å². The van der Waals surface area contributed by atoms with Crippen LogP contribution in [0.1, 0.15) is 18.1 Å². The predicted molar refractivity (Wildman–Crippen MR) is 88.7 cm³/mol. The van der Waals surface area contributed by atoms with Crippen LogP contribution < -0.4 is 5.32 Å². The van der Waals surface area contributed by atoms with E-state index in [1.807, 2.05) is 36.4 Å². The average molecular weight is 307 g/mol. The zero-order valence-corrected chi connectivity index (χ0v) is 12.4. The second kappa shape index (κ2) is 6.89. The zero-order valence-electron chi connectivity index (χ0n) is 12.4. The van der Waals surface area contributed by atoms with Crippen LogP contribution in [0.25, 0.3) is 11.4 Å². The number of aliphatic hydroxyl groups is 1. The number of aromatic amines is 1. The largest absolute Gasteiger partial charge is 0.388 e. The van der Waals surface area contributed by atoms with Crippen molar-refractivity contribution in [2.75, 3.05) is 5.32 Å². The third-order valence-electron chi connectivity index (χ3n) is 3.48. The fraction of sp³-hybridized carbons (Fsp3) is 0.111. The Hall–Kier alpha value is -2.92. The maximum atomic E-state index is 12.1. The number of carbonyl (C=O) groups excluding carboxylic acids is 1. The van der Waals surface area contributed by atoms with Gasteiger partial charge in [-0.15, -0.1) is 0 Å². The molecule has 0 aliphatic heterocycles. The molecule has 3 N–H and O–H groups in total. The van der Waals surface area contributed by atoms with Gasteiger partial charge in [-0.1, -0.05) is 42.5 Å². The molecule has 1 aromatic heterocycles. The normalized spacial score (nSPS) is 11.9. The molecule has 5 heteroatoms. The molecule has 0 fully saturated rings. The lowest BCUT2D eigenvalue weighted by Crippen LogP contribution is -2.15. The first kappa shape index (κ1) is 15.0. The number of aromatic nitrogens is 2. The van der Waals surface area contributed by atoms with E-state index in [0.717, 1.165) is 17.0 Å². The second-order valence-electron chi connectivity index (χ2n) is 5.20. The van der Waals surface area contributed by atoms with Crippen LogP contribution in [0, 0.1) is 0 Å². The molecule has 0 aliphatic rings. The fourth-order valence-corrected chi connectivity index (χ4v) is 2.35. The van der Waals surface area contributed by atoms with E-state index in [4.69, 9.17) is 0 Å².